The molecule has 4 aliphatic rings. The van der Waals surface area contributed by atoms with Crippen molar-refractivity contribution in [3.8, 4) is 16.2 Å². The standard InChI is InChI=1S/C67H97N5O17S2/c1-37-29-38(2)31-54(86-12)59-55(87-13)33-40(4)67(81,89-59)61(77)62(78)72-28-15-14-18-48(72)63(79)88-58(39(3)32-43-20-26-49(73)53(34-43)85-11)41(5)50(74)36-51(75)44(30-37)17-16-19-57(76)69-46-22-24-47(25-23-46)71-91(82,83)56-35-45(21-27-52(56)84-10)60-42(6)68-65(90-60)70-64(80)66(7,8)9/h21-25,27,30,32,35,38,40-41,43-44,48-50,53-55,58-59,61,71,73-74,77,81H,14-20,26,28-29,31,33-34,36H2,1-13H3,(H,69,76)(H,68,70,80)/b37-30+,39-32+/t38-,40+,41+,43-,44+,48-,49+,50-,53+,54-,55-,58+,59+,61?,67+/m0/s1. The highest BCUT2D eigenvalue weighted by Crippen LogP contribution is 2.42. The van der Waals surface area contributed by atoms with Gasteiger partial charge in [-0.25, -0.2) is 18.2 Å². The first-order valence-electron chi connectivity index (χ1n) is 31.7. The lowest BCUT2D eigenvalue weighted by Gasteiger charge is -2.49. The Labute approximate surface area is 540 Å². The number of allylic oxidation sites excluding steroid dienone is 3. The molecule has 0 spiro atoms. The van der Waals surface area contributed by atoms with E-state index in [9.17, 15) is 52.8 Å². The summed E-state index contributed by atoms with van der Waals surface area (Å²) < 4.78 is 66.5. The van der Waals surface area contributed by atoms with Gasteiger partial charge in [0.05, 0.1) is 48.2 Å². The number of ether oxygens (including phenoxy) is 6. The lowest BCUT2D eigenvalue weighted by atomic mass is 9.81. The number of cyclic esters (lactones) is 1. The number of benzene rings is 2. The van der Waals surface area contributed by atoms with Crippen LogP contribution in [0.4, 0.5) is 16.5 Å². The summed E-state index contributed by atoms with van der Waals surface area (Å²) in [4.78, 5) is 76.7. The fourth-order valence-corrected chi connectivity index (χ4v) is 15.2. The van der Waals surface area contributed by atoms with Crippen molar-refractivity contribution in [2.75, 3.05) is 50.3 Å². The average molecular weight is 1310 g/mol. The third kappa shape index (κ3) is 18.2. The number of ketones is 1. The molecular formula is C67H97N5O17S2. The molecule has 1 aromatic heterocycles. The molecule has 15 atom stereocenters. The molecule has 3 amide bonds. The van der Waals surface area contributed by atoms with Gasteiger partial charge in [0.1, 0.15) is 34.7 Å². The van der Waals surface area contributed by atoms with Gasteiger partial charge in [-0.2, -0.15) is 0 Å². The van der Waals surface area contributed by atoms with Crippen molar-refractivity contribution in [3.05, 3.63) is 71.5 Å². The summed E-state index contributed by atoms with van der Waals surface area (Å²) in [5.41, 5.74) is 2.53. The number of methoxy groups -OCH3 is 4. The number of piperidine rings is 1. The van der Waals surface area contributed by atoms with E-state index in [1.165, 1.54) is 55.8 Å². The molecule has 3 fully saturated rings. The number of aliphatic hydroxyl groups excluding tert-OH is 3. The number of nitrogens with zero attached hydrogens (tertiary/aromatic N) is 2. The smallest absolute Gasteiger partial charge is 0.329 e. The summed E-state index contributed by atoms with van der Waals surface area (Å²) in [6.45, 7) is 16.3. The molecule has 3 aliphatic heterocycles. The number of aryl methyl sites for hydroxylation is 1. The number of sulfonamides is 1. The Morgan fingerprint density at radius 2 is 1.53 bits per heavy atom. The molecule has 7 rings (SSSR count). The van der Waals surface area contributed by atoms with Crippen LogP contribution in [0.1, 0.15) is 145 Å². The van der Waals surface area contributed by atoms with E-state index >= 15 is 0 Å². The number of aliphatic hydroxyl groups is 4. The second-order valence-electron chi connectivity index (χ2n) is 26.5. The number of hydrogen-bond acceptors (Lipinski definition) is 19. The number of carbonyl (C=O) groups excluding carboxylic acids is 5. The molecular weight excluding hydrogens is 1210 g/mol. The Morgan fingerprint density at radius 1 is 0.857 bits per heavy atom. The van der Waals surface area contributed by atoms with E-state index in [2.05, 4.69) is 20.3 Å². The number of amides is 3. The summed E-state index contributed by atoms with van der Waals surface area (Å²) >= 11 is 1.22. The highest BCUT2D eigenvalue weighted by atomic mass is 32.2. The second kappa shape index (κ2) is 31.5. The number of fused-ring (bicyclic) bond motifs is 3. The van der Waals surface area contributed by atoms with Gasteiger partial charge in [-0.1, -0.05) is 70.6 Å². The van der Waals surface area contributed by atoms with Gasteiger partial charge in [-0.05, 0) is 157 Å². The molecule has 504 valence electrons. The molecule has 24 heteroatoms. The minimum absolute atomic E-state index is 0.00227. The van der Waals surface area contributed by atoms with E-state index in [1.807, 2.05) is 26.0 Å². The van der Waals surface area contributed by atoms with E-state index in [-0.39, 0.29) is 90.8 Å². The minimum atomic E-state index is -4.25. The van der Waals surface area contributed by atoms with E-state index in [1.54, 1.807) is 79.8 Å². The van der Waals surface area contributed by atoms with Crippen molar-refractivity contribution < 1.29 is 81.2 Å². The maximum atomic E-state index is 14.8. The third-order valence-corrected chi connectivity index (χ3v) is 20.9. The summed E-state index contributed by atoms with van der Waals surface area (Å²) in [6, 6.07) is 9.72. The Kier molecular flexibility index (Phi) is 25.2. The van der Waals surface area contributed by atoms with Gasteiger partial charge in [-0.3, -0.25) is 23.9 Å². The van der Waals surface area contributed by atoms with Crippen LogP contribution in [0.5, 0.6) is 5.75 Å². The number of aromatic nitrogens is 1. The zero-order valence-electron chi connectivity index (χ0n) is 55.0. The van der Waals surface area contributed by atoms with E-state index in [0.717, 1.165) is 5.57 Å². The SMILES string of the molecule is COc1ccc(-c2sc(NC(=O)C(C)(C)C)nc2C)cc1S(=O)(=O)Nc1ccc(NC(=O)CCC[C@@H]2/C=C(\C)C[C@H](C)C[C@H](OC)[C@H]3O[C@@](O)(C(O)C(=O)N4CCCC[C@H]4C(=O)O[C@H](/C(C)=C/[C@@H]4CC[C@@H](O)[C@H](OC)C4)[C@H](C)[C@@H](O)CC2=O)[C@H](C)C[C@@H]3OC)cc1. The van der Waals surface area contributed by atoms with Crippen molar-refractivity contribution in [2.45, 2.75) is 211 Å². The van der Waals surface area contributed by atoms with Crippen molar-refractivity contribution in [2.24, 2.45) is 35.0 Å². The fourth-order valence-electron chi connectivity index (χ4n) is 13.0. The lowest BCUT2D eigenvalue weighted by molar-refractivity contribution is -0.346. The third-order valence-electron chi connectivity index (χ3n) is 18.4. The lowest BCUT2D eigenvalue weighted by Crippen LogP contribution is -2.66. The van der Waals surface area contributed by atoms with E-state index < -0.39 is 106 Å². The first-order chi connectivity index (χ1) is 42.9. The number of carbonyl (C=O) groups is 5. The maximum Gasteiger partial charge on any atom is 0.329 e. The predicted octanol–water partition coefficient (Wildman–Crippen LogP) is 8.89. The molecule has 1 unspecified atom stereocenters. The number of thiazole rings is 1. The zero-order valence-corrected chi connectivity index (χ0v) is 56.6. The Morgan fingerprint density at radius 3 is 2.19 bits per heavy atom. The molecule has 1 saturated carbocycles. The van der Waals surface area contributed by atoms with Gasteiger partial charge >= 0.3 is 5.97 Å². The molecule has 7 N–H and O–H groups in total. The molecule has 91 heavy (non-hydrogen) atoms. The van der Waals surface area contributed by atoms with Crippen LogP contribution in [-0.2, 0) is 57.7 Å². The van der Waals surface area contributed by atoms with Gasteiger partial charge in [-0.15, -0.1) is 0 Å². The van der Waals surface area contributed by atoms with E-state index in [4.69, 9.17) is 28.4 Å². The molecule has 0 radical (unpaired) electrons. The summed E-state index contributed by atoms with van der Waals surface area (Å²) in [7, 11) is 1.69. The van der Waals surface area contributed by atoms with Gasteiger partial charge in [0.25, 0.3) is 15.9 Å². The van der Waals surface area contributed by atoms with Crippen LogP contribution in [0.3, 0.4) is 0 Å². The average Bonchev–Trinajstić information content (AvgIpc) is 0.930. The Bertz CT molecular complexity index is 3200. The minimum Gasteiger partial charge on any atom is -0.495 e. The number of anilines is 3. The van der Waals surface area contributed by atoms with Crippen LogP contribution in [0.25, 0.3) is 10.4 Å². The molecule has 4 heterocycles. The normalized spacial score (nSPS) is 31.0. The highest BCUT2D eigenvalue weighted by Gasteiger charge is 2.56. The topological polar surface area (TPSA) is 308 Å². The molecule has 3 aromatic rings. The predicted molar refractivity (Wildman–Crippen MR) is 345 cm³/mol. The van der Waals surface area contributed by atoms with Gasteiger partial charge in [0.15, 0.2) is 11.2 Å². The summed E-state index contributed by atoms with van der Waals surface area (Å²) in [5.74, 6) is -7.49. The summed E-state index contributed by atoms with van der Waals surface area (Å²) in [5, 5.41) is 53.3. The second-order valence-corrected chi connectivity index (χ2v) is 29.2. The molecule has 22 nitrogen and oxygen atoms in total. The molecule has 1 aliphatic carbocycles. The van der Waals surface area contributed by atoms with Crippen molar-refractivity contribution in [3.63, 3.8) is 0 Å². The van der Waals surface area contributed by atoms with Gasteiger partial charge < -0.3 is 64.4 Å². The zero-order chi connectivity index (χ0) is 66.9. The van der Waals surface area contributed by atoms with Gasteiger partial charge in [0, 0.05) is 75.3 Å². The molecule has 2 bridgehead atoms. The Hall–Kier alpha value is -5.67. The van der Waals surface area contributed by atoms with Crippen LogP contribution in [0, 0.1) is 41.9 Å². The monoisotopic (exact) mass is 1310 g/mol. The molecule has 2 saturated heterocycles. The van der Waals surface area contributed by atoms with Crippen LogP contribution in [0.15, 0.2) is 70.7 Å². The first kappa shape index (κ1) is 72.8. The van der Waals surface area contributed by atoms with Crippen molar-refractivity contribution in [1.29, 1.82) is 0 Å². The Balaban J connectivity index is 1.10. The van der Waals surface area contributed by atoms with Crippen LogP contribution in [-0.4, -0.2) is 164 Å². The number of nitrogens with one attached hydrogen (secondary N) is 3. The first-order valence-corrected chi connectivity index (χ1v) is 34.0. The fraction of sp³-hybridized carbons (Fsp3) is 0.642. The van der Waals surface area contributed by atoms with Crippen LogP contribution in [0.2, 0.25) is 0 Å². The van der Waals surface area contributed by atoms with Crippen LogP contribution >= 0.6 is 11.3 Å². The van der Waals surface area contributed by atoms with Crippen molar-refractivity contribution in [1.82, 2.24) is 9.88 Å². The quantitative estimate of drug-likeness (QED) is 0.0520. The molecule has 2 aromatic carbocycles. The largest absolute Gasteiger partial charge is 0.495 e. The number of Topliss-reactive ketones (excluding diaryl/α,β-unsaturated/α-hetero) is 1. The van der Waals surface area contributed by atoms with E-state index in [0.29, 0.717) is 77.5 Å². The number of rotatable bonds is 16. The van der Waals surface area contributed by atoms with Gasteiger partial charge in [0.2, 0.25) is 17.6 Å². The summed E-state index contributed by atoms with van der Waals surface area (Å²) in [6.07, 6.45) is 0.0346. The van der Waals surface area contributed by atoms with Crippen molar-refractivity contribution >= 4 is 67.3 Å². The van der Waals surface area contributed by atoms with Crippen LogP contribution < -0.4 is 20.1 Å². The maximum absolute atomic E-state index is 14.8. The highest BCUT2D eigenvalue weighted by molar-refractivity contribution is 7.92. The number of esters is 1. The number of hydrogen-bond donors (Lipinski definition) is 7.